The van der Waals surface area contributed by atoms with Crippen LogP contribution in [0.15, 0.2) is 0 Å². The van der Waals surface area contributed by atoms with E-state index in [0.29, 0.717) is 6.04 Å². The summed E-state index contributed by atoms with van der Waals surface area (Å²) in [5.74, 6) is 3.70. The SMILES string of the molecule is C#CC(C)(C)NC1CCC(C)CC1. The van der Waals surface area contributed by atoms with Crippen LogP contribution in [0, 0.1) is 18.3 Å². The predicted molar refractivity (Wildman–Crippen MR) is 57.5 cm³/mol. The van der Waals surface area contributed by atoms with Gasteiger partial charge in [-0.3, -0.25) is 5.32 Å². The number of rotatable bonds is 2. The van der Waals surface area contributed by atoms with E-state index in [9.17, 15) is 0 Å². The van der Waals surface area contributed by atoms with Gasteiger partial charge in [-0.25, -0.2) is 0 Å². The minimum absolute atomic E-state index is 0.134. The van der Waals surface area contributed by atoms with E-state index in [-0.39, 0.29) is 5.54 Å². The summed E-state index contributed by atoms with van der Waals surface area (Å²) in [4.78, 5) is 0. The first-order valence-electron chi connectivity index (χ1n) is 5.29. The molecule has 1 aliphatic rings. The topological polar surface area (TPSA) is 12.0 Å². The largest absolute Gasteiger partial charge is 0.299 e. The molecule has 1 heteroatoms. The quantitative estimate of drug-likeness (QED) is 0.642. The Morgan fingerprint density at radius 1 is 1.23 bits per heavy atom. The minimum atomic E-state index is -0.134. The van der Waals surface area contributed by atoms with Gasteiger partial charge in [-0.05, 0) is 45.4 Å². The fourth-order valence-electron chi connectivity index (χ4n) is 1.96. The van der Waals surface area contributed by atoms with Gasteiger partial charge in [-0.2, -0.15) is 0 Å². The predicted octanol–water partition coefficient (Wildman–Crippen LogP) is 2.57. The van der Waals surface area contributed by atoms with Crippen LogP contribution in [-0.2, 0) is 0 Å². The van der Waals surface area contributed by atoms with Crippen molar-refractivity contribution in [3.05, 3.63) is 0 Å². The summed E-state index contributed by atoms with van der Waals surface area (Å²) >= 11 is 0. The van der Waals surface area contributed by atoms with Gasteiger partial charge < -0.3 is 0 Å². The molecule has 0 bridgehead atoms. The molecule has 1 saturated carbocycles. The van der Waals surface area contributed by atoms with Crippen LogP contribution in [0.3, 0.4) is 0 Å². The van der Waals surface area contributed by atoms with E-state index in [1.807, 2.05) is 0 Å². The van der Waals surface area contributed by atoms with Crippen LogP contribution in [-0.4, -0.2) is 11.6 Å². The molecule has 1 fully saturated rings. The number of terminal acetylenes is 1. The fourth-order valence-corrected chi connectivity index (χ4v) is 1.96. The van der Waals surface area contributed by atoms with Crippen molar-refractivity contribution in [2.45, 2.75) is 58.0 Å². The molecule has 0 atom stereocenters. The van der Waals surface area contributed by atoms with Gasteiger partial charge in [0.2, 0.25) is 0 Å². The van der Waals surface area contributed by atoms with Crippen LogP contribution in [0.4, 0.5) is 0 Å². The standard InChI is InChI=1S/C12H21N/c1-5-12(3,4)13-11-8-6-10(2)7-9-11/h1,10-11,13H,6-9H2,2-4H3. The highest BCUT2D eigenvalue weighted by Crippen LogP contribution is 2.24. The van der Waals surface area contributed by atoms with Crippen molar-refractivity contribution >= 4 is 0 Å². The first-order valence-corrected chi connectivity index (χ1v) is 5.29. The molecule has 0 aromatic rings. The van der Waals surface area contributed by atoms with Gasteiger partial charge in [-0.15, -0.1) is 6.42 Å². The molecule has 0 radical (unpaired) electrons. The summed E-state index contributed by atoms with van der Waals surface area (Å²) in [7, 11) is 0. The van der Waals surface area contributed by atoms with E-state index in [4.69, 9.17) is 6.42 Å². The van der Waals surface area contributed by atoms with Crippen molar-refractivity contribution in [3.63, 3.8) is 0 Å². The van der Waals surface area contributed by atoms with Crippen LogP contribution in [0.1, 0.15) is 46.5 Å². The zero-order chi connectivity index (χ0) is 9.90. The summed E-state index contributed by atoms with van der Waals surface area (Å²) in [6, 6.07) is 0.641. The van der Waals surface area contributed by atoms with Gasteiger partial charge in [0, 0.05) is 6.04 Å². The van der Waals surface area contributed by atoms with E-state index >= 15 is 0 Å². The second-order valence-electron chi connectivity index (χ2n) is 4.87. The van der Waals surface area contributed by atoms with Crippen LogP contribution in [0.2, 0.25) is 0 Å². The molecule has 13 heavy (non-hydrogen) atoms. The molecule has 0 aromatic heterocycles. The molecule has 0 spiro atoms. The minimum Gasteiger partial charge on any atom is -0.299 e. The second-order valence-corrected chi connectivity index (χ2v) is 4.87. The number of nitrogens with one attached hydrogen (secondary N) is 1. The molecule has 74 valence electrons. The summed E-state index contributed by atoms with van der Waals surface area (Å²) in [5.41, 5.74) is -0.134. The Morgan fingerprint density at radius 2 is 1.77 bits per heavy atom. The average molecular weight is 179 g/mol. The molecule has 1 aliphatic carbocycles. The Bertz CT molecular complexity index is 192. The highest BCUT2D eigenvalue weighted by atomic mass is 15.0. The van der Waals surface area contributed by atoms with Gasteiger partial charge in [-0.1, -0.05) is 12.8 Å². The molecule has 1 nitrogen and oxygen atoms in total. The van der Waals surface area contributed by atoms with Gasteiger partial charge in [0.1, 0.15) is 0 Å². The molecule has 1 rings (SSSR count). The molecule has 0 amide bonds. The van der Waals surface area contributed by atoms with Crippen molar-refractivity contribution in [2.24, 2.45) is 5.92 Å². The molecule has 0 aliphatic heterocycles. The Balaban J connectivity index is 2.35. The van der Waals surface area contributed by atoms with Gasteiger partial charge in [0.15, 0.2) is 0 Å². The van der Waals surface area contributed by atoms with Crippen LogP contribution >= 0.6 is 0 Å². The maximum absolute atomic E-state index is 5.44. The Morgan fingerprint density at radius 3 is 2.23 bits per heavy atom. The Labute approximate surface area is 82.3 Å². The molecular weight excluding hydrogens is 158 g/mol. The van der Waals surface area contributed by atoms with Crippen molar-refractivity contribution in [2.75, 3.05) is 0 Å². The maximum atomic E-state index is 5.44. The summed E-state index contributed by atoms with van der Waals surface area (Å²) in [5, 5.41) is 3.53. The lowest BCUT2D eigenvalue weighted by Gasteiger charge is -2.32. The normalized spacial score (nSPS) is 29.7. The third-order valence-corrected chi connectivity index (χ3v) is 2.94. The third-order valence-electron chi connectivity index (χ3n) is 2.94. The first-order chi connectivity index (χ1) is 6.03. The first kappa shape index (κ1) is 10.6. The second kappa shape index (κ2) is 4.15. The van der Waals surface area contributed by atoms with Crippen molar-refractivity contribution in [1.29, 1.82) is 0 Å². The van der Waals surface area contributed by atoms with Gasteiger partial charge >= 0.3 is 0 Å². The molecule has 1 N–H and O–H groups in total. The smallest absolute Gasteiger partial charge is 0.0743 e. The van der Waals surface area contributed by atoms with Crippen LogP contribution in [0.25, 0.3) is 0 Å². The molecular formula is C12H21N. The maximum Gasteiger partial charge on any atom is 0.0743 e. The zero-order valence-corrected chi connectivity index (χ0v) is 9.06. The van der Waals surface area contributed by atoms with E-state index in [1.165, 1.54) is 25.7 Å². The van der Waals surface area contributed by atoms with E-state index in [0.717, 1.165) is 5.92 Å². The van der Waals surface area contributed by atoms with Crippen molar-refractivity contribution in [3.8, 4) is 12.3 Å². The Hall–Kier alpha value is -0.480. The lowest BCUT2D eigenvalue weighted by molar-refractivity contribution is 0.276. The van der Waals surface area contributed by atoms with Gasteiger partial charge in [0.05, 0.1) is 5.54 Å². The molecule has 0 aromatic carbocycles. The monoisotopic (exact) mass is 179 g/mol. The lowest BCUT2D eigenvalue weighted by Crippen LogP contribution is -2.46. The summed E-state index contributed by atoms with van der Waals surface area (Å²) in [6.45, 7) is 6.48. The van der Waals surface area contributed by atoms with Crippen LogP contribution in [0.5, 0.6) is 0 Å². The third kappa shape index (κ3) is 3.40. The zero-order valence-electron chi connectivity index (χ0n) is 9.06. The number of hydrogen-bond donors (Lipinski definition) is 1. The molecule has 0 heterocycles. The molecule has 0 saturated heterocycles. The van der Waals surface area contributed by atoms with Crippen LogP contribution < -0.4 is 5.32 Å². The summed E-state index contributed by atoms with van der Waals surface area (Å²) in [6.07, 6.45) is 10.7. The van der Waals surface area contributed by atoms with E-state index in [1.54, 1.807) is 0 Å². The fraction of sp³-hybridized carbons (Fsp3) is 0.833. The number of hydrogen-bond acceptors (Lipinski definition) is 1. The van der Waals surface area contributed by atoms with E-state index in [2.05, 4.69) is 32.0 Å². The molecule has 0 unspecified atom stereocenters. The van der Waals surface area contributed by atoms with Crippen molar-refractivity contribution in [1.82, 2.24) is 5.32 Å². The summed E-state index contributed by atoms with van der Waals surface area (Å²) < 4.78 is 0. The lowest BCUT2D eigenvalue weighted by atomic mass is 9.86. The van der Waals surface area contributed by atoms with Crippen molar-refractivity contribution < 1.29 is 0 Å². The highest BCUT2D eigenvalue weighted by Gasteiger charge is 2.23. The van der Waals surface area contributed by atoms with Gasteiger partial charge in [0.25, 0.3) is 0 Å². The average Bonchev–Trinajstić information content (AvgIpc) is 2.09. The van der Waals surface area contributed by atoms with E-state index < -0.39 is 0 Å². The highest BCUT2D eigenvalue weighted by molar-refractivity contribution is 5.08. The Kier molecular flexibility index (Phi) is 3.39.